The predicted molar refractivity (Wildman–Crippen MR) is 185 cm³/mol. The summed E-state index contributed by atoms with van der Waals surface area (Å²) in [5.41, 5.74) is 5.03. The quantitative estimate of drug-likeness (QED) is 0.276. The van der Waals surface area contributed by atoms with Crippen molar-refractivity contribution in [3.05, 3.63) is 113 Å². The van der Waals surface area contributed by atoms with E-state index < -0.39 is 0 Å². The highest BCUT2D eigenvalue weighted by Crippen LogP contribution is 2.40. The van der Waals surface area contributed by atoms with Crippen LogP contribution in [-0.2, 0) is 39.4 Å². The number of imidazole rings is 1. The first kappa shape index (κ1) is 33.1. The summed E-state index contributed by atoms with van der Waals surface area (Å²) in [7, 11) is 3.48. The van der Waals surface area contributed by atoms with Crippen LogP contribution in [0.25, 0.3) is 0 Å². The number of hydrogen-bond acceptors (Lipinski definition) is 8. The Morgan fingerprint density at radius 3 is 2.20 bits per heavy atom. The molecule has 7 rings (SSSR count). The average Bonchev–Trinajstić information content (AvgIpc) is 3.55. The van der Waals surface area contributed by atoms with E-state index in [1.807, 2.05) is 41.0 Å². The number of fused-ring (bicyclic) bond motifs is 2. The third kappa shape index (κ3) is 6.50. The monoisotopic (exact) mass is 677 g/mol. The zero-order valence-corrected chi connectivity index (χ0v) is 28.1. The van der Waals surface area contributed by atoms with E-state index in [1.54, 1.807) is 66.5 Å². The molecule has 1 spiro atoms. The van der Waals surface area contributed by atoms with Gasteiger partial charge in [-0.15, -0.1) is 0 Å². The fourth-order valence-corrected chi connectivity index (χ4v) is 6.59. The number of nitrogens with zero attached hydrogens (tertiary/aromatic N) is 5. The summed E-state index contributed by atoms with van der Waals surface area (Å²) in [5, 5.41) is 5.88. The molecule has 3 aliphatic heterocycles. The van der Waals surface area contributed by atoms with Gasteiger partial charge in [-0.2, -0.15) is 0 Å². The first-order valence-electron chi connectivity index (χ1n) is 16.6. The normalized spacial score (nSPS) is 16.8. The Balaban J connectivity index is 0.942. The fraction of sp³-hybridized carbons (Fsp3) is 0.324. The highest BCUT2D eigenvalue weighted by Gasteiger charge is 2.50. The minimum atomic E-state index is -0.369. The summed E-state index contributed by atoms with van der Waals surface area (Å²) in [5.74, 6) is -0.296. The predicted octanol–water partition coefficient (Wildman–Crippen LogP) is 2.87. The van der Waals surface area contributed by atoms with Crippen LogP contribution in [0.15, 0.2) is 79.0 Å². The topological polar surface area (TPSA) is 138 Å². The van der Waals surface area contributed by atoms with Crippen LogP contribution in [-0.4, -0.2) is 96.6 Å². The van der Waals surface area contributed by atoms with E-state index in [0.717, 1.165) is 29.1 Å². The second-order valence-electron chi connectivity index (χ2n) is 12.9. The van der Waals surface area contributed by atoms with Gasteiger partial charge in [0.2, 0.25) is 0 Å². The Labute approximate surface area is 289 Å². The van der Waals surface area contributed by atoms with Gasteiger partial charge in [0.05, 0.1) is 31.7 Å². The molecule has 13 heteroatoms. The molecule has 2 N–H and O–H groups in total. The van der Waals surface area contributed by atoms with E-state index in [1.165, 1.54) is 0 Å². The molecule has 4 amide bonds. The number of ether oxygens (including phenoxy) is 2. The van der Waals surface area contributed by atoms with E-state index in [-0.39, 0.29) is 35.8 Å². The fourth-order valence-electron chi connectivity index (χ4n) is 6.59. The molecule has 3 aliphatic rings. The van der Waals surface area contributed by atoms with Crippen LogP contribution < -0.4 is 15.5 Å². The molecular formula is C37H39N7O6. The number of hydrogen-bond donors (Lipinski definition) is 2. The van der Waals surface area contributed by atoms with Gasteiger partial charge in [-0.3, -0.25) is 24.1 Å². The molecule has 0 bridgehead atoms. The maximum atomic E-state index is 13.3. The van der Waals surface area contributed by atoms with Gasteiger partial charge in [0, 0.05) is 69.3 Å². The first-order valence-corrected chi connectivity index (χ1v) is 16.6. The van der Waals surface area contributed by atoms with Crippen LogP contribution in [0.1, 0.15) is 48.2 Å². The number of morpholine rings is 1. The lowest BCUT2D eigenvalue weighted by Crippen LogP contribution is -2.63. The van der Waals surface area contributed by atoms with Gasteiger partial charge in [-0.25, -0.2) is 4.98 Å². The molecule has 50 heavy (non-hydrogen) atoms. The second-order valence-corrected chi connectivity index (χ2v) is 12.9. The van der Waals surface area contributed by atoms with Gasteiger partial charge in [0.25, 0.3) is 23.6 Å². The van der Waals surface area contributed by atoms with Gasteiger partial charge < -0.3 is 34.5 Å². The molecule has 2 saturated heterocycles. The van der Waals surface area contributed by atoms with E-state index in [4.69, 9.17) is 9.47 Å². The molecular weight excluding hydrogens is 638 g/mol. The Bertz CT molecular complexity index is 1900. The van der Waals surface area contributed by atoms with E-state index in [0.29, 0.717) is 68.6 Å². The Kier molecular flexibility index (Phi) is 9.19. The van der Waals surface area contributed by atoms with Crippen molar-refractivity contribution in [3.8, 4) is 0 Å². The summed E-state index contributed by atoms with van der Waals surface area (Å²) in [6.45, 7) is 4.36. The third-order valence-corrected chi connectivity index (χ3v) is 9.49. The van der Waals surface area contributed by atoms with Crippen LogP contribution in [0.5, 0.6) is 0 Å². The number of carbonyl (C=O) groups excluding carboxylic acids is 4. The van der Waals surface area contributed by atoms with Gasteiger partial charge in [0.15, 0.2) is 5.82 Å². The van der Waals surface area contributed by atoms with Crippen molar-refractivity contribution < 1.29 is 28.7 Å². The zero-order chi connectivity index (χ0) is 34.8. The van der Waals surface area contributed by atoms with Crippen LogP contribution in [0.2, 0.25) is 0 Å². The van der Waals surface area contributed by atoms with E-state index in [9.17, 15) is 19.2 Å². The third-order valence-electron chi connectivity index (χ3n) is 9.49. The molecule has 0 radical (unpaired) electrons. The molecule has 258 valence electrons. The Morgan fingerprint density at radius 1 is 0.840 bits per heavy atom. The van der Waals surface area contributed by atoms with Crippen molar-refractivity contribution in [2.75, 3.05) is 63.8 Å². The molecule has 3 aromatic carbocycles. The highest BCUT2D eigenvalue weighted by atomic mass is 16.5. The number of amides is 4. The first-order chi connectivity index (χ1) is 24.2. The highest BCUT2D eigenvalue weighted by molar-refractivity contribution is 6.05. The van der Waals surface area contributed by atoms with Crippen LogP contribution in [0, 0.1) is 0 Å². The van der Waals surface area contributed by atoms with Gasteiger partial charge in [-0.05, 0) is 59.7 Å². The molecule has 1 aromatic heterocycles. The zero-order valence-electron chi connectivity index (χ0n) is 28.1. The molecule has 0 atom stereocenters. The molecule has 2 fully saturated rings. The lowest BCUT2D eigenvalue weighted by molar-refractivity contribution is -0.162. The van der Waals surface area contributed by atoms with Crippen molar-refractivity contribution in [2.24, 2.45) is 0 Å². The molecule has 13 nitrogen and oxygen atoms in total. The second kappa shape index (κ2) is 13.9. The van der Waals surface area contributed by atoms with Gasteiger partial charge in [0.1, 0.15) is 12.1 Å². The Hall–Kier alpha value is -5.37. The van der Waals surface area contributed by atoms with Crippen LogP contribution in [0.4, 0.5) is 11.4 Å². The number of anilines is 2. The molecule has 4 aromatic rings. The summed E-state index contributed by atoms with van der Waals surface area (Å²) in [6, 6.07) is 21.9. The maximum Gasteiger partial charge on any atom is 0.287 e. The lowest BCUT2D eigenvalue weighted by Gasteiger charge is -2.52. The molecule has 0 unspecified atom stereocenters. The summed E-state index contributed by atoms with van der Waals surface area (Å²) < 4.78 is 12.9. The van der Waals surface area contributed by atoms with Crippen molar-refractivity contribution in [2.45, 2.75) is 25.2 Å². The summed E-state index contributed by atoms with van der Waals surface area (Å²) in [6.07, 6.45) is 1.79. The van der Waals surface area contributed by atoms with Crippen molar-refractivity contribution in [1.82, 2.24) is 24.7 Å². The van der Waals surface area contributed by atoms with Crippen molar-refractivity contribution >= 4 is 35.0 Å². The maximum absolute atomic E-state index is 13.3. The largest absolute Gasteiger partial charge is 0.377 e. The van der Waals surface area contributed by atoms with Crippen LogP contribution in [0.3, 0.4) is 0 Å². The summed E-state index contributed by atoms with van der Waals surface area (Å²) >= 11 is 0. The summed E-state index contributed by atoms with van der Waals surface area (Å²) in [4.78, 5) is 60.7. The van der Waals surface area contributed by atoms with Crippen LogP contribution >= 0.6 is 0 Å². The molecule has 4 heterocycles. The minimum absolute atomic E-state index is 0.0298. The van der Waals surface area contributed by atoms with Crippen molar-refractivity contribution in [1.29, 1.82) is 0 Å². The SMILES string of the molecule is CN(C)C(=O)c1ccc(CN2CCn3c(cnc3C(=O)NCc3ccc(NC(=O)c4ccc(N5CCOCC5=O)cc4)cc3)C23COC3)cc1. The van der Waals surface area contributed by atoms with E-state index in [2.05, 4.69) is 20.5 Å². The number of rotatable bonds is 9. The molecule has 0 aliphatic carbocycles. The smallest absolute Gasteiger partial charge is 0.287 e. The van der Waals surface area contributed by atoms with Crippen molar-refractivity contribution in [3.63, 3.8) is 0 Å². The lowest BCUT2D eigenvalue weighted by atomic mass is 9.88. The van der Waals surface area contributed by atoms with Gasteiger partial charge in [-0.1, -0.05) is 24.3 Å². The Morgan fingerprint density at radius 2 is 1.54 bits per heavy atom. The number of aromatic nitrogens is 2. The van der Waals surface area contributed by atoms with Gasteiger partial charge >= 0.3 is 0 Å². The average molecular weight is 678 g/mol. The molecule has 0 saturated carbocycles. The van der Waals surface area contributed by atoms with E-state index >= 15 is 0 Å². The number of carbonyl (C=O) groups is 4. The number of benzene rings is 3. The minimum Gasteiger partial charge on any atom is -0.377 e. The standard InChI is InChI=1S/C37H39N7O6/c1-41(2)36(48)28-7-3-26(4-8-28)21-42-15-16-44-31(37(42)23-50-24-37)20-38-33(44)35(47)39-19-25-5-11-29(12-6-25)40-34(46)27-9-13-30(14-10-27)43-17-18-49-22-32(43)45/h3-14,20H,15-19,21-24H2,1-2H3,(H,39,47)(H,40,46). The number of nitrogens with one attached hydrogen (secondary N) is 2.